The van der Waals surface area contributed by atoms with Gasteiger partial charge in [0.2, 0.25) is 0 Å². The van der Waals surface area contributed by atoms with Gasteiger partial charge < -0.3 is 5.73 Å². The summed E-state index contributed by atoms with van der Waals surface area (Å²) in [6.45, 7) is 2.00. The van der Waals surface area contributed by atoms with E-state index in [1.165, 1.54) is 12.1 Å². The second kappa shape index (κ2) is 5.71. The summed E-state index contributed by atoms with van der Waals surface area (Å²) in [5, 5.41) is 0. The average molecular weight is 270 g/mol. The van der Waals surface area contributed by atoms with Crippen LogP contribution in [-0.2, 0) is 6.54 Å². The van der Waals surface area contributed by atoms with Gasteiger partial charge in [-0.15, -0.1) is 0 Å². The van der Waals surface area contributed by atoms with E-state index < -0.39 is 5.82 Å². The number of hydrogen-bond acceptors (Lipinski definition) is 2. The van der Waals surface area contributed by atoms with Gasteiger partial charge >= 0.3 is 0 Å². The Bertz CT molecular complexity index is 451. The fourth-order valence-corrected chi connectivity index (χ4v) is 2.53. The fraction of sp³-hybridized carbons (Fsp3) is 0.462. The lowest BCUT2D eigenvalue weighted by atomic mass is 9.97. The minimum absolute atomic E-state index is 0.186. The Morgan fingerprint density at radius 3 is 2.94 bits per heavy atom. The fourth-order valence-electron chi connectivity index (χ4n) is 2.34. The van der Waals surface area contributed by atoms with Gasteiger partial charge in [0.1, 0.15) is 11.6 Å². The maximum atomic E-state index is 13.5. The van der Waals surface area contributed by atoms with E-state index in [0.29, 0.717) is 17.1 Å². The van der Waals surface area contributed by atoms with Gasteiger partial charge in [-0.3, -0.25) is 4.90 Å². The molecule has 1 aliphatic heterocycles. The molecule has 0 aromatic heterocycles. The van der Waals surface area contributed by atoms with Crippen LogP contribution in [-0.4, -0.2) is 23.0 Å². The Hall–Kier alpha value is -1.07. The van der Waals surface area contributed by atoms with E-state index in [4.69, 9.17) is 18.0 Å². The number of nitrogens with two attached hydrogens (primary N) is 1. The minimum atomic E-state index is -0.408. The maximum absolute atomic E-state index is 13.5. The van der Waals surface area contributed by atoms with Crippen LogP contribution in [0.5, 0.6) is 0 Å². The molecule has 2 N–H and O–H groups in total. The molecule has 1 fully saturated rings. The second-order valence-electron chi connectivity index (χ2n) is 4.71. The number of piperidine rings is 1. The van der Waals surface area contributed by atoms with Crippen LogP contribution in [0.1, 0.15) is 18.4 Å². The van der Waals surface area contributed by atoms with Gasteiger partial charge in [0, 0.05) is 24.6 Å². The largest absolute Gasteiger partial charge is 0.393 e. The molecule has 1 atom stereocenters. The average Bonchev–Trinajstić information content (AvgIpc) is 2.34. The molecule has 2 rings (SSSR count). The van der Waals surface area contributed by atoms with Crippen molar-refractivity contribution in [3.8, 4) is 0 Å². The molecular weight excluding hydrogens is 254 g/mol. The second-order valence-corrected chi connectivity index (χ2v) is 5.18. The van der Waals surface area contributed by atoms with Crippen molar-refractivity contribution in [1.29, 1.82) is 0 Å². The standard InChI is InChI=1S/C13H16F2N2S/c14-11-3-4-12(15)10(6-11)8-17-5-1-2-9(7-17)13(16)18/h3-4,6,9H,1-2,5,7-8H2,(H2,16,18). The summed E-state index contributed by atoms with van der Waals surface area (Å²) < 4.78 is 26.6. The first kappa shape index (κ1) is 13.4. The summed E-state index contributed by atoms with van der Waals surface area (Å²) in [5.74, 6) is -0.589. The molecule has 1 aromatic carbocycles. The number of likely N-dealkylation sites (tertiary alicyclic amines) is 1. The van der Waals surface area contributed by atoms with Crippen molar-refractivity contribution in [3.63, 3.8) is 0 Å². The van der Waals surface area contributed by atoms with Crippen molar-refractivity contribution in [2.24, 2.45) is 11.7 Å². The lowest BCUT2D eigenvalue weighted by Gasteiger charge is -2.32. The summed E-state index contributed by atoms with van der Waals surface area (Å²) >= 11 is 5.00. The monoisotopic (exact) mass is 270 g/mol. The zero-order chi connectivity index (χ0) is 13.1. The normalized spacial score (nSPS) is 20.9. The zero-order valence-corrected chi connectivity index (χ0v) is 10.9. The molecule has 0 bridgehead atoms. The Kier molecular flexibility index (Phi) is 4.24. The molecule has 18 heavy (non-hydrogen) atoms. The number of hydrogen-bond donors (Lipinski definition) is 1. The number of thiocarbonyl (C=S) groups is 1. The molecule has 5 heteroatoms. The van der Waals surface area contributed by atoms with Crippen molar-refractivity contribution in [1.82, 2.24) is 4.90 Å². The van der Waals surface area contributed by atoms with E-state index in [1.54, 1.807) is 0 Å². The SMILES string of the molecule is NC(=S)C1CCCN(Cc2cc(F)ccc2F)C1. The highest BCUT2D eigenvalue weighted by atomic mass is 32.1. The third-order valence-electron chi connectivity index (χ3n) is 3.31. The van der Waals surface area contributed by atoms with Gasteiger partial charge in [-0.05, 0) is 37.6 Å². The lowest BCUT2D eigenvalue weighted by molar-refractivity contribution is 0.195. The van der Waals surface area contributed by atoms with E-state index in [-0.39, 0.29) is 11.7 Å². The molecule has 0 amide bonds. The Morgan fingerprint density at radius 2 is 2.22 bits per heavy atom. The molecule has 0 radical (unpaired) electrons. The highest BCUT2D eigenvalue weighted by molar-refractivity contribution is 7.80. The molecule has 1 aliphatic rings. The maximum Gasteiger partial charge on any atom is 0.127 e. The molecule has 1 unspecified atom stereocenters. The number of halogens is 2. The van der Waals surface area contributed by atoms with Crippen LogP contribution in [0.15, 0.2) is 18.2 Å². The molecule has 1 aromatic rings. The molecule has 98 valence electrons. The van der Waals surface area contributed by atoms with Gasteiger partial charge in [-0.1, -0.05) is 12.2 Å². The van der Waals surface area contributed by atoms with Gasteiger partial charge in [-0.2, -0.15) is 0 Å². The summed E-state index contributed by atoms with van der Waals surface area (Å²) in [7, 11) is 0. The van der Waals surface area contributed by atoms with E-state index >= 15 is 0 Å². The third-order valence-corrected chi connectivity index (χ3v) is 3.64. The summed E-state index contributed by atoms with van der Waals surface area (Å²) in [5.41, 5.74) is 6.04. The smallest absolute Gasteiger partial charge is 0.127 e. The predicted octanol–water partition coefficient (Wildman–Crippen LogP) is 2.46. The van der Waals surface area contributed by atoms with E-state index in [2.05, 4.69) is 4.90 Å². The lowest BCUT2D eigenvalue weighted by Crippen LogP contribution is -2.40. The highest BCUT2D eigenvalue weighted by Gasteiger charge is 2.22. The number of rotatable bonds is 3. The van der Waals surface area contributed by atoms with E-state index in [0.717, 1.165) is 32.0 Å². The Labute approximate surface area is 111 Å². The van der Waals surface area contributed by atoms with Crippen molar-refractivity contribution >= 4 is 17.2 Å². The quantitative estimate of drug-likeness (QED) is 0.856. The summed E-state index contributed by atoms with van der Waals surface area (Å²) in [4.78, 5) is 2.59. The van der Waals surface area contributed by atoms with Crippen molar-refractivity contribution in [2.75, 3.05) is 13.1 Å². The van der Waals surface area contributed by atoms with Crippen molar-refractivity contribution < 1.29 is 8.78 Å². The van der Waals surface area contributed by atoms with Crippen LogP contribution in [0.25, 0.3) is 0 Å². The predicted molar refractivity (Wildman–Crippen MR) is 71.1 cm³/mol. The molecule has 1 heterocycles. The van der Waals surface area contributed by atoms with E-state index in [1.807, 2.05) is 0 Å². The van der Waals surface area contributed by atoms with Gasteiger partial charge in [-0.25, -0.2) is 8.78 Å². The van der Waals surface area contributed by atoms with Gasteiger partial charge in [0.25, 0.3) is 0 Å². The minimum Gasteiger partial charge on any atom is -0.393 e. The molecule has 0 aliphatic carbocycles. The molecule has 0 saturated carbocycles. The van der Waals surface area contributed by atoms with Crippen LogP contribution in [0.3, 0.4) is 0 Å². The van der Waals surface area contributed by atoms with E-state index in [9.17, 15) is 8.78 Å². The van der Waals surface area contributed by atoms with Crippen LogP contribution in [0, 0.1) is 17.6 Å². The Morgan fingerprint density at radius 1 is 1.44 bits per heavy atom. The first-order valence-corrected chi connectivity index (χ1v) is 6.42. The molecule has 1 saturated heterocycles. The molecule has 2 nitrogen and oxygen atoms in total. The third kappa shape index (κ3) is 3.23. The van der Waals surface area contributed by atoms with Crippen LogP contribution in [0.2, 0.25) is 0 Å². The Balaban J connectivity index is 2.04. The zero-order valence-electron chi connectivity index (χ0n) is 10.0. The number of benzene rings is 1. The topological polar surface area (TPSA) is 29.3 Å². The first-order valence-electron chi connectivity index (χ1n) is 6.02. The summed E-state index contributed by atoms with van der Waals surface area (Å²) in [6, 6.07) is 3.55. The van der Waals surface area contributed by atoms with Crippen LogP contribution >= 0.6 is 12.2 Å². The number of nitrogens with zero attached hydrogens (tertiary/aromatic N) is 1. The summed E-state index contributed by atoms with van der Waals surface area (Å²) in [6.07, 6.45) is 1.97. The first-order chi connectivity index (χ1) is 8.56. The van der Waals surface area contributed by atoms with Crippen molar-refractivity contribution in [2.45, 2.75) is 19.4 Å². The molecular formula is C13H16F2N2S. The molecule has 0 spiro atoms. The van der Waals surface area contributed by atoms with Gasteiger partial charge in [0.15, 0.2) is 0 Å². The van der Waals surface area contributed by atoms with Gasteiger partial charge in [0.05, 0.1) is 4.99 Å². The van der Waals surface area contributed by atoms with Crippen LogP contribution < -0.4 is 5.73 Å². The highest BCUT2D eigenvalue weighted by Crippen LogP contribution is 2.20. The van der Waals surface area contributed by atoms with Crippen LogP contribution in [0.4, 0.5) is 8.78 Å². The van der Waals surface area contributed by atoms with Crippen molar-refractivity contribution in [3.05, 3.63) is 35.4 Å².